The lowest BCUT2D eigenvalue weighted by Gasteiger charge is -2.33. The smallest absolute Gasteiger partial charge is 0.0928 e. The summed E-state index contributed by atoms with van der Waals surface area (Å²) < 4.78 is 0. The van der Waals surface area contributed by atoms with E-state index in [1.807, 2.05) is 18.2 Å². The summed E-state index contributed by atoms with van der Waals surface area (Å²) in [6, 6.07) is 14.4. The number of hydrogen-bond donors (Lipinski definition) is 2. The van der Waals surface area contributed by atoms with Crippen molar-refractivity contribution in [2.75, 3.05) is 39.8 Å². The Labute approximate surface area is 125 Å². The molecule has 112 valence electrons. The molecule has 0 aromatic heterocycles. The highest BCUT2D eigenvalue weighted by molar-refractivity contribution is 5.83. The molecular weight excluding hydrogens is 262 g/mol. The summed E-state index contributed by atoms with van der Waals surface area (Å²) in [6.07, 6.45) is -0.478. The second-order valence-electron chi connectivity index (χ2n) is 5.77. The molecule has 21 heavy (non-hydrogen) atoms. The number of hydrogen-bond acceptors (Lipinski definition) is 4. The van der Waals surface area contributed by atoms with E-state index in [0.717, 1.165) is 31.7 Å². The first-order valence-corrected chi connectivity index (χ1v) is 7.56. The molecule has 0 saturated carbocycles. The van der Waals surface area contributed by atoms with Crippen molar-refractivity contribution in [3.05, 3.63) is 48.0 Å². The molecule has 1 heterocycles. The lowest BCUT2D eigenvalue weighted by atomic mass is 10.0. The van der Waals surface area contributed by atoms with Gasteiger partial charge in [0, 0.05) is 32.7 Å². The fraction of sp³-hybridized carbons (Fsp3) is 0.412. The van der Waals surface area contributed by atoms with Crippen LogP contribution in [0.4, 0.5) is 0 Å². The number of fused-ring (bicyclic) bond motifs is 1. The fourth-order valence-electron chi connectivity index (χ4n) is 2.71. The molecule has 4 heteroatoms. The Morgan fingerprint density at radius 3 is 2.52 bits per heavy atom. The van der Waals surface area contributed by atoms with Crippen LogP contribution in [0, 0.1) is 0 Å². The van der Waals surface area contributed by atoms with Crippen molar-refractivity contribution in [1.29, 1.82) is 0 Å². The Morgan fingerprint density at radius 1 is 1.05 bits per heavy atom. The Hall–Kier alpha value is -1.46. The van der Waals surface area contributed by atoms with Gasteiger partial charge in [-0.2, -0.15) is 0 Å². The van der Waals surface area contributed by atoms with E-state index < -0.39 is 6.10 Å². The van der Waals surface area contributed by atoms with E-state index in [2.05, 4.69) is 46.6 Å². The van der Waals surface area contributed by atoms with Crippen LogP contribution in [0.5, 0.6) is 0 Å². The monoisotopic (exact) mass is 285 g/mol. The number of nitrogens with zero attached hydrogens (tertiary/aromatic N) is 2. The van der Waals surface area contributed by atoms with E-state index >= 15 is 0 Å². The average Bonchev–Trinajstić information content (AvgIpc) is 2.53. The predicted octanol–water partition coefficient (Wildman–Crippen LogP) is 1.63. The van der Waals surface area contributed by atoms with Crippen LogP contribution in [0.1, 0.15) is 11.7 Å². The summed E-state index contributed by atoms with van der Waals surface area (Å²) in [7, 11) is 2.14. The molecule has 0 radical (unpaired) electrons. The first kappa shape index (κ1) is 14.5. The van der Waals surface area contributed by atoms with Gasteiger partial charge in [-0.3, -0.25) is 5.43 Å². The zero-order valence-corrected chi connectivity index (χ0v) is 12.5. The number of aliphatic hydroxyl groups excluding tert-OH is 1. The molecule has 2 N–H and O–H groups in total. The topological polar surface area (TPSA) is 38.7 Å². The molecule has 1 aliphatic heterocycles. The van der Waals surface area contributed by atoms with E-state index in [4.69, 9.17) is 0 Å². The number of aliphatic hydroxyl groups is 1. The molecule has 1 fully saturated rings. The van der Waals surface area contributed by atoms with Crippen LogP contribution in [0.25, 0.3) is 10.8 Å². The van der Waals surface area contributed by atoms with Gasteiger partial charge in [0.15, 0.2) is 0 Å². The summed E-state index contributed by atoms with van der Waals surface area (Å²) >= 11 is 0. The summed E-state index contributed by atoms with van der Waals surface area (Å²) in [6.45, 7) is 4.70. The van der Waals surface area contributed by atoms with Gasteiger partial charge in [-0.15, -0.1) is 0 Å². The second kappa shape index (κ2) is 6.54. The van der Waals surface area contributed by atoms with Crippen LogP contribution in [-0.2, 0) is 0 Å². The number of piperazine rings is 1. The minimum absolute atomic E-state index is 0.478. The van der Waals surface area contributed by atoms with Crippen LogP contribution in [0.15, 0.2) is 42.5 Å². The molecule has 0 aliphatic carbocycles. The lowest BCUT2D eigenvalue weighted by molar-refractivity contribution is 0.0744. The summed E-state index contributed by atoms with van der Waals surface area (Å²) in [5.41, 5.74) is 4.31. The maximum atomic E-state index is 10.4. The van der Waals surface area contributed by atoms with E-state index in [0.29, 0.717) is 6.54 Å². The summed E-state index contributed by atoms with van der Waals surface area (Å²) in [5, 5.41) is 14.9. The van der Waals surface area contributed by atoms with Crippen molar-refractivity contribution in [3.63, 3.8) is 0 Å². The maximum Gasteiger partial charge on any atom is 0.0928 e. The Morgan fingerprint density at radius 2 is 1.76 bits per heavy atom. The molecular formula is C17H23N3O. The largest absolute Gasteiger partial charge is 0.387 e. The van der Waals surface area contributed by atoms with E-state index in [-0.39, 0.29) is 0 Å². The minimum Gasteiger partial charge on any atom is -0.387 e. The molecule has 2 aromatic carbocycles. The molecule has 1 aliphatic rings. The zero-order valence-electron chi connectivity index (χ0n) is 12.5. The average molecular weight is 285 g/mol. The molecule has 1 unspecified atom stereocenters. The Kier molecular flexibility index (Phi) is 4.51. The highest BCUT2D eigenvalue weighted by atomic mass is 16.3. The van der Waals surface area contributed by atoms with Crippen molar-refractivity contribution in [1.82, 2.24) is 15.3 Å². The molecule has 1 atom stereocenters. The first-order valence-electron chi connectivity index (χ1n) is 7.56. The molecule has 0 spiro atoms. The van der Waals surface area contributed by atoms with Gasteiger partial charge >= 0.3 is 0 Å². The highest BCUT2D eigenvalue weighted by Crippen LogP contribution is 2.20. The van der Waals surface area contributed by atoms with Crippen molar-refractivity contribution < 1.29 is 5.11 Å². The number of likely N-dealkylation sites (N-methyl/N-ethyl adjacent to an activating group) is 1. The molecule has 3 rings (SSSR count). The van der Waals surface area contributed by atoms with Crippen LogP contribution >= 0.6 is 0 Å². The third-order valence-electron chi connectivity index (χ3n) is 4.17. The minimum atomic E-state index is -0.478. The van der Waals surface area contributed by atoms with Gasteiger partial charge in [-0.1, -0.05) is 36.4 Å². The first-order chi connectivity index (χ1) is 10.2. The standard InChI is InChI=1S/C17H23N3O/c1-19-8-10-20(11-9-19)18-13-17(21)16-7-6-14-4-2-3-5-15(14)12-16/h2-7,12,17-18,21H,8-11,13H2,1H3. The van der Waals surface area contributed by atoms with E-state index in [1.54, 1.807) is 0 Å². The maximum absolute atomic E-state index is 10.4. The third kappa shape index (κ3) is 3.60. The summed E-state index contributed by atoms with van der Waals surface area (Å²) in [4.78, 5) is 2.32. The van der Waals surface area contributed by atoms with E-state index in [9.17, 15) is 5.11 Å². The van der Waals surface area contributed by atoms with Crippen LogP contribution in [0.3, 0.4) is 0 Å². The normalized spacial score (nSPS) is 19.0. The van der Waals surface area contributed by atoms with Gasteiger partial charge in [0.05, 0.1) is 6.10 Å². The quantitative estimate of drug-likeness (QED) is 0.895. The van der Waals surface area contributed by atoms with Gasteiger partial charge < -0.3 is 10.0 Å². The molecule has 0 amide bonds. The molecule has 2 aromatic rings. The van der Waals surface area contributed by atoms with Gasteiger partial charge in [0.1, 0.15) is 0 Å². The number of nitrogens with one attached hydrogen (secondary N) is 1. The molecule has 1 saturated heterocycles. The highest BCUT2D eigenvalue weighted by Gasteiger charge is 2.15. The van der Waals surface area contributed by atoms with Crippen LogP contribution in [-0.4, -0.2) is 54.8 Å². The van der Waals surface area contributed by atoms with Gasteiger partial charge in [-0.05, 0) is 29.4 Å². The SMILES string of the molecule is CN1CCN(NCC(O)c2ccc3ccccc3c2)CC1. The molecule has 0 bridgehead atoms. The second-order valence-corrected chi connectivity index (χ2v) is 5.77. The van der Waals surface area contributed by atoms with Gasteiger partial charge in [0.25, 0.3) is 0 Å². The van der Waals surface area contributed by atoms with Crippen LogP contribution < -0.4 is 5.43 Å². The number of rotatable bonds is 4. The van der Waals surface area contributed by atoms with Crippen molar-refractivity contribution in [2.45, 2.75) is 6.10 Å². The van der Waals surface area contributed by atoms with Crippen molar-refractivity contribution in [2.24, 2.45) is 0 Å². The zero-order chi connectivity index (χ0) is 14.7. The van der Waals surface area contributed by atoms with Gasteiger partial charge in [-0.25, -0.2) is 5.01 Å². The summed E-state index contributed by atoms with van der Waals surface area (Å²) in [5.74, 6) is 0. The van der Waals surface area contributed by atoms with Gasteiger partial charge in [0.2, 0.25) is 0 Å². The van der Waals surface area contributed by atoms with Crippen molar-refractivity contribution >= 4 is 10.8 Å². The van der Waals surface area contributed by atoms with Crippen molar-refractivity contribution in [3.8, 4) is 0 Å². The fourth-order valence-corrected chi connectivity index (χ4v) is 2.71. The Balaban J connectivity index is 1.60. The lowest BCUT2D eigenvalue weighted by Crippen LogP contribution is -2.51. The Bertz CT molecular complexity index is 593. The third-order valence-corrected chi connectivity index (χ3v) is 4.17. The number of benzene rings is 2. The van der Waals surface area contributed by atoms with E-state index in [1.165, 1.54) is 10.8 Å². The number of hydrazine groups is 1. The molecule has 4 nitrogen and oxygen atoms in total. The predicted molar refractivity (Wildman–Crippen MR) is 86.0 cm³/mol. The van der Waals surface area contributed by atoms with Crippen LogP contribution in [0.2, 0.25) is 0 Å².